The van der Waals surface area contributed by atoms with Crippen LogP contribution in [0.1, 0.15) is 46.7 Å². The summed E-state index contributed by atoms with van der Waals surface area (Å²) in [5.41, 5.74) is 6.54. The van der Waals surface area contributed by atoms with Crippen LogP contribution in [0.3, 0.4) is 0 Å². The molecule has 1 fully saturated rings. The van der Waals surface area contributed by atoms with Gasteiger partial charge in [0.2, 0.25) is 5.91 Å². The van der Waals surface area contributed by atoms with Crippen LogP contribution in [0.15, 0.2) is 72.8 Å². The van der Waals surface area contributed by atoms with Gasteiger partial charge in [-0.2, -0.15) is 0 Å². The molecule has 0 saturated carbocycles. The van der Waals surface area contributed by atoms with Crippen molar-refractivity contribution in [1.82, 2.24) is 10.2 Å². The summed E-state index contributed by atoms with van der Waals surface area (Å²) < 4.78 is 0. The third kappa shape index (κ3) is 5.84. The standard InChI is InChI=1S/C28H33N3O/c1-21-10-11-22(2)26(18-21)30-28(32)27(25-8-4-3-5-9-25)29-19-23-12-14-24(15-13-23)20-31-16-6-7-17-31/h3-5,8-15,18,27,29H,6-7,16-17,19-20H2,1-2H3,(H,30,32). The minimum atomic E-state index is -0.430. The maximum Gasteiger partial charge on any atom is 0.246 e. The van der Waals surface area contributed by atoms with E-state index in [1.54, 1.807) is 0 Å². The van der Waals surface area contributed by atoms with Gasteiger partial charge in [-0.15, -0.1) is 0 Å². The Bertz CT molecular complexity index is 1020. The number of amides is 1. The third-order valence-electron chi connectivity index (χ3n) is 6.18. The number of anilines is 1. The van der Waals surface area contributed by atoms with E-state index < -0.39 is 6.04 Å². The highest BCUT2D eigenvalue weighted by atomic mass is 16.2. The Morgan fingerprint density at radius 2 is 1.59 bits per heavy atom. The van der Waals surface area contributed by atoms with E-state index in [4.69, 9.17) is 0 Å². The van der Waals surface area contributed by atoms with Gasteiger partial charge in [-0.25, -0.2) is 0 Å². The zero-order chi connectivity index (χ0) is 22.3. The quantitative estimate of drug-likeness (QED) is 0.508. The minimum Gasteiger partial charge on any atom is -0.324 e. The molecule has 1 atom stereocenters. The van der Waals surface area contributed by atoms with Crippen LogP contribution in [0.25, 0.3) is 0 Å². The average Bonchev–Trinajstić information content (AvgIpc) is 3.31. The molecule has 32 heavy (non-hydrogen) atoms. The van der Waals surface area contributed by atoms with Crippen LogP contribution in [0.5, 0.6) is 0 Å². The van der Waals surface area contributed by atoms with Crippen LogP contribution in [0, 0.1) is 13.8 Å². The number of nitrogens with zero attached hydrogens (tertiary/aromatic N) is 1. The molecule has 166 valence electrons. The molecule has 0 aliphatic carbocycles. The summed E-state index contributed by atoms with van der Waals surface area (Å²) in [7, 11) is 0. The number of aryl methyl sites for hydroxylation is 2. The smallest absolute Gasteiger partial charge is 0.246 e. The molecule has 1 amide bonds. The van der Waals surface area contributed by atoms with Crippen molar-refractivity contribution in [2.45, 2.75) is 45.8 Å². The van der Waals surface area contributed by atoms with Gasteiger partial charge in [0, 0.05) is 18.8 Å². The SMILES string of the molecule is Cc1ccc(C)c(NC(=O)C(NCc2ccc(CN3CCCC3)cc2)c2ccccc2)c1. The van der Waals surface area contributed by atoms with E-state index in [2.05, 4.69) is 45.9 Å². The van der Waals surface area contributed by atoms with E-state index in [1.165, 1.54) is 37.1 Å². The lowest BCUT2D eigenvalue weighted by Crippen LogP contribution is -2.33. The number of rotatable bonds is 8. The largest absolute Gasteiger partial charge is 0.324 e. The molecule has 0 bridgehead atoms. The molecular formula is C28H33N3O. The van der Waals surface area contributed by atoms with Crippen molar-refractivity contribution in [1.29, 1.82) is 0 Å². The van der Waals surface area contributed by atoms with Gasteiger partial charge in [0.05, 0.1) is 0 Å². The fourth-order valence-corrected chi connectivity index (χ4v) is 4.26. The normalized spacial score (nSPS) is 14.9. The summed E-state index contributed by atoms with van der Waals surface area (Å²) in [5, 5.41) is 6.60. The number of nitrogens with one attached hydrogen (secondary N) is 2. The number of hydrogen-bond donors (Lipinski definition) is 2. The van der Waals surface area contributed by atoms with Crippen LogP contribution in [-0.4, -0.2) is 23.9 Å². The summed E-state index contributed by atoms with van der Waals surface area (Å²) in [6.45, 7) is 8.12. The molecule has 0 aromatic heterocycles. The Morgan fingerprint density at radius 1 is 0.906 bits per heavy atom. The fraction of sp³-hybridized carbons (Fsp3) is 0.321. The molecule has 1 aliphatic heterocycles. The van der Waals surface area contributed by atoms with Gasteiger partial charge in [0.1, 0.15) is 6.04 Å². The van der Waals surface area contributed by atoms with Gasteiger partial charge >= 0.3 is 0 Å². The summed E-state index contributed by atoms with van der Waals surface area (Å²) in [6.07, 6.45) is 2.63. The van der Waals surface area contributed by atoms with Crippen LogP contribution in [0.2, 0.25) is 0 Å². The average molecular weight is 428 g/mol. The first-order valence-corrected chi connectivity index (χ1v) is 11.5. The summed E-state index contributed by atoms with van der Waals surface area (Å²) in [4.78, 5) is 15.8. The topological polar surface area (TPSA) is 44.4 Å². The molecule has 1 aliphatic rings. The van der Waals surface area contributed by atoms with E-state index in [9.17, 15) is 4.79 Å². The molecule has 2 N–H and O–H groups in total. The first-order chi connectivity index (χ1) is 15.6. The summed E-state index contributed by atoms with van der Waals surface area (Å²) in [5.74, 6) is -0.0458. The second-order valence-electron chi connectivity index (χ2n) is 8.83. The first kappa shape index (κ1) is 22.3. The van der Waals surface area contributed by atoms with Crippen molar-refractivity contribution >= 4 is 11.6 Å². The van der Waals surface area contributed by atoms with Gasteiger partial charge in [0.25, 0.3) is 0 Å². The van der Waals surface area contributed by atoms with Crippen molar-refractivity contribution in [2.75, 3.05) is 18.4 Å². The lowest BCUT2D eigenvalue weighted by atomic mass is 10.0. The van der Waals surface area contributed by atoms with E-state index in [1.807, 2.05) is 56.3 Å². The van der Waals surface area contributed by atoms with Gasteiger partial charge in [-0.05, 0) is 73.7 Å². The van der Waals surface area contributed by atoms with Crippen LogP contribution in [-0.2, 0) is 17.9 Å². The van der Waals surface area contributed by atoms with E-state index in [0.29, 0.717) is 6.54 Å². The number of carbonyl (C=O) groups excluding carboxylic acids is 1. The van der Waals surface area contributed by atoms with Gasteiger partial charge < -0.3 is 5.32 Å². The number of likely N-dealkylation sites (tertiary alicyclic amines) is 1. The summed E-state index contributed by atoms with van der Waals surface area (Å²) >= 11 is 0. The molecule has 1 saturated heterocycles. The highest BCUT2D eigenvalue weighted by Gasteiger charge is 2.21. The monoisotopic (exact) mass is 427 g/mol. The first-order valence-electron chi connectivity index (χ1n) is 11.5. The van der Waals surface area contributed by atoms with E-state index in [0.717, 1.165) is 28.9 Å². The molecular weight excluding hydrogens is 394 g/mol. The minimum absolute atomic E-state index is 0.0458. The second-order valence-corrected chi connectivity index (χ2v) is 8.83. The fourth-order valence-electron chi connectivity index (χ4n) is 4.26. The van der Waals surface area contributed by atoms with E-state index in [-0.39, 0.29) is 5.91 Å². The molecule has 4 rings (SSSR count). The van der Waals surface area contributed by atoms with Crippen LogP contribution >= 0.6 is 0 Å². The molecule has 0 radical (unpaired) electrons. The Morgan fingerprint density at radius 3 is 2.31 bits per heavy atom. The van der Waals surface area contributed by atoms with Crippen molar-refractivity contribution in [3.8, 4) is 0 Å². The third-order valence-corrected chi connectivity index (χ3v) is 6.18. The maximum absolute atomic E-state index is 13.3. The molecule has 4 heteroatoms. The number of carbonyl (C=O) groups is 1. The van der Waals surface area contributed by atoms with Gasteiger partial charge in [-0.1, -0.05) is 66.7 Å². The van der Waals surface area contributed by atoms with Gasteiger partial charge in [-0.3, -0.25) is 15.0 Å². The van der Waals surface area contributed by atoms with Crippen molar-refractivity contribution in [3.63, 3.8) is 0 Å². The lowest BCUT2D eigenvalue weighted by molar-refractivity contribution is -0.118. The van der Waals surface area contributed by atoms with Crippen LogP contribution in [0.4, 0.5) is 5.69 Å². The van der Waals surface area contributed by atoms with Crippen molar-refractivity contribution < 1.29 is 4.79 Å². The number of hydrogen-bond acceptors (Lipinski definition) is 3. The molecule has 3 aromatic carbocycles. The van der Waals surface area contributed by atoms with Crippen molar-refractivity contribution in [2.24, 2.45) is 0 Å². The Balaban J connectivity index is 1.44. The molecule has 4 nitrogen and oxygen atoms in total. The second kappa shape index (κ2) is 10.6. The van der Waals surface area contributed by atoms with Crippen molar-refractivity contribution in [3.05, 3.63) is 101 Å². The predicted octanol–water partition coefficient (Wildman–Crippen LogP) is 5.37. The number of benzene rings is 3. The lowest BCUT2D eigenvalue weighted by Gasteiger charge is -2.20. The predicted molar refractivity (Wildman–Crippen MR) is 132 cm³/mol. The highest BCUT2D eigenvalue weighted by molar-refractivity contribution is 5.96. The molecule has 1 unspecified atom stereocenters. The highest BCUT2D eigenvalue weighted by Crippen LogP contribution is 2.21. The zero-order valence-corrected chi connectivity index (χ0v) is 19.1. The molecule has 3 aromatic rings. The Kier molecular flexibility index (Phi) is 7.35. The van der Waals surface area contributed by atoms with E-state index >= 15 is 0 Å². The van der Waals surface area contributed by atoms with Crippen LogP contribution < -0.4 is 10.6 Å². The maximum atomic E-state index is 13.3. The Labute approximate surface area is 191 Å². The summed E-state index contributed by atoms with van der Waals surface area (Å²) in [6, 6.07) is 24.4. The zero-order valence-electron chi connectivity index (χ0n) is 19.1. The molecule has 0 spiro atoms. The Hall–Kier alpha value is -2.95. The van der Waals surface area contributed by atoms with Gasteiger partial charge in [0.15, 0.2) is 0 Å². The molecule has 1 heterocycles.